The van der Waals surface area contributed by atoms with Gasteiger partial charge < -0.3 is 20.4 Å². The molecule has 1 amide bonds. The number of hydrogen-bond acceptors (Lipinski definition) is 9. The smallest absolute Gasteiger partial charge is 0.451 e. The lowest BCUT2D eigenvalue weighted by atomic mass is 9.89. The molecule has 1 fully saturated rings. The number of aliphatic hydroxyl groups is 1. The van der Waals surface area contributed by atoms with E-state index in [4.69, 9.17) is 5.11 Å². The molecule has 0 spiro atoms. The van der Waals surface area contributed by atoms with Gasteiger partial charge in [0.2, 0.25) is 20.8 Å². The predicted octanol–water partition coefficient (Wildman–Crippen LogP) is 1.69. The van der Waals surface area contributed by atoms with Crippen molar-refractivity contribution in [3.63, 3.8) is 0 Å². The topological polar surface area (TPSA) is 158 Å². The summed E-state index contributed by atoms with van der Waals surface area (Å²) in [6, 6.07) is 1.20. The van der Waals surface area contributed by atoms with E-state index in [2.05, 4.69) is 25.3 Å². The fraction of sp³-hybridized carbons (Fsp3) is 0.500. The summed E-state index contributed by atoms with van der Waals surface area (Å²) in [7, 11) is -3.75. The van der Waals surface area contributed by atoms with Crippen LogP contribution in [0.15, 0.2) is 23.6 Å². The third-order valence-electron chi connectivity index (χ3n) is 5.05. The second-order valence-corrected chi connectivity index (χ2v) is 9.38. The number of aliphatic hydroxyl groups excluding tert-OH is 1. The van der Waals surface area contributed by atoms with Gasteiger partial charge in [0.1, 0.15) is 5.82 Å². The Hall–Kier alpha value is -3.07. The molecular formula is C18H21F3N6O5S. The Labute approximate surface area is 186 Å². The number of hydrogen-bond donors (Lipinski definition) is 3. The highest BCUT2D eigenvalue weighted by molar-refractivity contribution is 7.90. The first kappa shape index (κ1) is 24.6. The summed E-state index contributed by atoms with van der Waals surface area (Å²) in [5.41, 5.74) is 0.442. The minimum absolute atomic E-state index is 0.165. The number of nitrogens with zero attached hydrogens (tertiary/aromatic N) is 5. The first-order valence-electron chi connectivity index (χ1n) is 9.73. The summed E-state index contributed by atoms with van der Waals surface area (Å²) in [6.45, 7) is 0.136. The van der Waals surface area contributed by atoms with Crippen molar-refractivity contribution in [2.75, 3.05) is 31.2 Å². The molecule has 1 unspecified atom stereocenters. The first-order chi connectivity index (χ1) is 15.4. The molecular weight excluding hydrogens is 469 g/mol. The zero-order chi connectivity index (χ0) is 24.4. The maximum Gasteiger partial charge on any atom is 0.451 e. The minimum atomic E-state index is -4.73. The molecule has 1 atom stereocenters. The number of sulfone groups is 1. The number of anilines is 1. The zero-order valence-electron chi connectivity index (χ0n) is 17.3. The average Bonchev–Trinajstić information content (AvgIpc) is 2.76. The van der Waals surface area contributed by atoms with E-state index >= 15 is 0 Å². The molecule has 1 aliphatic rings. The van der Waals surface area contributed by atoms with E-state index in [0.717, 1.165) is 18.6 Å². The van der Waals surface area contributed by atoms with Crippen LogP contribution in [-0.4, -0.2) is 75.4 Å². The summed E-state index contributed by atoms with van der Waals surface area (Å²) in [5, 5.41) is 22.0. The van der Waals surface area contributed by atoms with Crippen LogP contribution in [0.3, 0.4) is 0 Å². The van der Waals surface area contributed by atoms with Crippen molar-refractivity contribution in [1.29, 1.82) is 0 Å². The van der Waals surface area contributed by atoms with Crippen LogP contribution < -0.4 is 5.32 Å². The molecule has 15 heteroatoms. The van der Waals surface area contributed by atoms with E-state index in [-0.39, 0.29) is 42.6 Å². The van der Waals surface area contributed by atoms with Gasteiger partial charge in [-0.25, -0.2) is 33.1 Å². The first-order valence-corrected chi connectivity index (χ1v) is 11.6. The third kappa shape index (κ3) is 6.04. The highest BCUT2D eigenvalue weighted by atomic mass is 32.2. The molecule has 0 aromatic carbocycles. The van der Waals surface area contributed by atoms with Gasteiger partial charge >= 0.3 is 12.3 Å². The molecule has 0 aliphatic carbocycles. The monoisotopic (exact) mass is 490 g/mol. The van der Waals surface area contributed by atoms with E-state index in [1.807, 2.05) is 0 Å². The number of carboxylic acid groups (broad SMARTS) is 1. The summed E-state index contributed by atoms with van der Waals surface area (Å²) in [5.74, 6) is -1.85. The number of carbonyl (C=O) groups is 1. The van der Waals surface area contributed by atoms with E-state index in [9.17, 15) is 31.5 Å². The van der Waals surface area contributed by atoms with Crippen molar-refractivity contribution < 1.29 is 36.6 Å². The quantitative estimate of drug-likeness (QED) is 0.509. The summed E-state index contributed by atoms with van der Waals surface area (Å²) >= 11 is 0. The summed E-state index contributed by atoms with van der Waals surface area (Å²) in [6.07, 6.45) is -3.39. The van der Waals surface area contributed by atoms with Gasteiger partial charge in [0.15, 0.2) is 0 Å². The van der Waals surface area contributed by atoms with Crippen LogP contribution in [-0.2, 0) is 16.0 Å². The van der Waals surface area contributed by atoms with Crippen molar-refractivity contribution in [2.24, 2.45) is 0 Å². The average molecular weight is 490 g/mol. The van der Waals surface area contributed by atoms with Crippen LogP contribution in [0.25, 0.3) is 0 Å². The predicted molar refractivity (Wildman–Crippen MR) is 107 cm³/mol. The number of alkyl halides is 3. The minimum Gasteiger partial charge on any atom is -0.465 e. The number of amides is 1. The Morgan fingerprint density at radius 2 is 1.94 bits per heavy atom. The molecule has 1 aliphatic heterocycles. The van der Waals surface area contributed by atoms with Crippen LogP contribution in [0.5, 0.6) is 0 Å². The molecule has 0 saturated carbocycles. The molecule has 0 bridgehead atoms. The molecule has 1 saturated heterocycles. The van der Waals surface area contributed by atoms with Gasteiger partial charge in [-0.15, -0.1) is 0 Å². The van der Waals surface area contributed by atoms with E-state index < -0.39 is 39.2 Å². The van der Waals surface area contributed by atoms with Crippen molar-refractivity contribution >= 4 is 21.7 Å². The summed E-state index contributed by atoms with van der Waals surface area (Å²) in [4.78, 5) is 26.8. The molecule has 2 aromatic heterocycles. The van der Waals surface area contributed by atoms with Crippen molar-refractivity contribution in [2.45, 2.75) is 36.2 Å². The molecule has 180 valence electrons. The highest BCUT2D eigenvalue weighted by Crippen LogP contribution is 2.32. The molecule has 2 aromatic rings. The highest BCUT2D eigenvalue weighted by Gasteiger charge is 2.35. The van der Waals surface area contributed by atoms with Gasteiger partial charge in [-0.1, -0.05) is 0 Å². The SMILES string of the molecule is CS(=O)(=O)c1ncc(C(O)CNc2ccnc(C(F)(F)F)n2)c(C2CCN(C(=O)O)CC2)n1. The lowest BCUT2D eigenvalue weighted by Gasteiger charge is -2.31. The second kappa shape index (κ2) is 9.43. The van der Waals surface area contributed by atoms with Gasteiger partial charge in [-0.3, -0.25) is 0 Å². The summed E-state index contributed by atoms with van der Waals surface area (Å²) < 4.78 is 62.2. The van der Waals surface area contributed by atoms with Crippen molar-refractivity contribution in [1.82, 2.24) is 24.8 Å². The number of rotatable bonds is 6. The van der Waals surface area contributed by atoms with Crippen molar-refractivity contribution in [3.05, 3.63) is 35.5 Å². The van der Waals surface area contributed by atoms with Crippen LogP contribution in [0, 0.1) is 0 Å². The number of piperidine rings is 1. The Morgan fingerprint density at radius 1 is 1.27 bits per heavy atom. The zero-order valence-corrected chi connectivity index (χ0v) is 18.1. The third-order valence-corrected chi connectivity index (χ3v) is 5.91. The second-order valence-electron chi connectivity index (χ2n) is 7.47. The lowest BCUT2D eigenvalue weighted by Crippen LogP contribution is -2.37. The Kier molecular flexibility index (Phi) is 7.02. The number of aromatic nitrogens is 4. The van der Waals surface area contributed by atoms with Crippen LogP contribution in [0.2, 0.25) is 0 Å². The van der Waals surface area contributed by atoms with E-state index in [1.165, 1.54) is 11.0 Å². The molecule has 33 heavy (non-hydrogen) atoms. The Balaban J connectivity index is 1.83. The standard InChI is InChI=1S/C18H21F3N6O5S/c1-33(31,32)16-24-8-11(14(26-16)10-3-6-27(7-4-10)17(29)30)12(28)9-23-13-2-5-22-15(25-13)18(19,20)21/h2,5,8,10,12,28H,3-4,6-7,9H2,1H3,(H,29,30)(H,22,23,25). The van der Waals surface area contributed by atoms with Gasteiger partial charge in [-0.2, -0.15) is 13.2 Å². The van der Waals surface area contributed by atoms with Crippen LogP contribution in [0.4, 0.5) is 23.8 Å². The van der Waals surface area contributed by atoms with Crippen LogP contribution in [0.1, 0.15) is 41.9 Å². The fourth-order valence-corrected chi connectivity index (χ4v) is 3.91. The maximum atomic E-state index is 12.8. The molecule has 3 N–H and O–H groups in total. The largest absolute Gasteiger partial charge is 0.465 e. The molecule has 11 nitrogen and oxygen atoms in total. The Morgan fingerprint density at radius 3 is 2.52 bits per heavy atom. The van der Waals surface area contributed by atoms with Crippen molar-refractivity contribution in [3.8, 4) is 0 Å². The number of halogens is 3. The number of nitrogens with one attached hydrogen (secondary N) is 1. The molecule has 3 heterocycles. The normalized spacial score (nSPS) is 16.5. The number of likely N-dealkylation sites (tertiary alicyclic amines) is 1. The van der Waals surface area contributed by atoms with Crippen LogP contribution >= 0.6 is 0 Å². The maximum absolute atomic E-state index is 12.8. The van der Waals surface area contributed by atoms with Gasteiger partial charge in [0.05, 0.1) is 11.8 Å². The van der Waals surface area contributed by atoms with Gasteiger partial charge in [0.25, 0.3) is 0 Å². The van der Waals surface area contributed by atoms with E-state index in [0.29, 0.717) is 12.8 Å². The Bertz CT molecular complexity index is 1120. The van der Waals surface area contributed by atoms with Gasteiger partial charge in [0, 0.05) is 49.8 Å². The van der Waals surface area contributed by atoms with E-state index in [1.54, 1.807) is 0 Å². The van der Waals surface area contributed by atoms with Gasteiger partial charge in [-0.05, 0) is 18.9 Å². The molecule has 3 rings (SSSR count). The lowest BCUT2D eigenvalue weighted by molar-refractivity contribution is -0.144. The fourth-order valence-electron chi connectivity index (χ4n) is 3.40. The molecule has 0 radical (unpaired) electrons.